The van der Waals surface area contributed by atoms with Gasteiger partial charge in [-0.3, -0.25) is 0 Å². The highest BCUT2D eigenvalue weighted by molar-refractivity contribution is 7.89. The van der Waals surface area contributed by atoms with Gasteiger partial charge in [0.05, 0.1) is 10.9 Å². The first-order valence-corrected chi connectivity index (χ1v) is 9.92. The van der Waals surface area contributed by atoms with Crippen LogP contribution in [0.3, 0.4) is 0 Å². The lowest BCUT2D eigenvalue weighted by molar-refractivity contribution is -0.173. The number of fused-ring (bicyclic) bond motifs is 1. The molecule has 6 nitrogen and oxygen atoms in total. The smallest absolute Gasteiger partial charge is 0.368 e. The molecule has 3 atom stereocenters. The van der Waals surface area contributed by atoms with Crippen LogP contribution in [0.1, 0.15) is 51.3 Å². The van der Waals surface area contributed by atoms with E-state index in [0.29, 0.717) is 24.5 Å². The standard InChI is InChI=1S/C15H23F3N4O2S/c1-9(2)25(23,24)21-5-4-11(8-21)12-7-14-19-10(3)6-13(15(16,17)18)22(14)20-12/h7,9-11,13,19H,4-6,8H2,1-3H3/t10-,11?,13-/m1/s1. The Hall–Kier alpha value is -1.29. The molecule has 1 N–H and O–H groups in total. The van der Waals surface area contributed by atoms with Crippen LogP contribution in [-0.2, 0) is 10.0 Å². The molecule has 3 heterocycles. The van der Waals surface area contributed by atoms with Crippen LogP contribution in [0, 0.1) is 0 Å². The number of hydrogen-bond acceptors (Lipinski definition) is 4. The molecule has 1 unspecified atom stereocenters. The molecular formula is C15H23F3N4O2S. The average Bonchev–Trinajstić information content (AvgIpc) is 3.11. The van der Waals surface area contributed by atoms with Crippen molar-refractivity contribution in [1.82, 2.24) is 14.1 Å². The van der Waals surface area contributed by atoms with E-state index in [1.807, 2.05) is 0 Å². The summed E-state index contributed by atoms with van der Waals surface area (Å²) in [6, 6.07) is -0.320. The second-order valence-electron chi connectivity index (χ2n) is 7.17. The van der Waals surface area contributed by atoms with E-state index < -0.39 is 27.5 Å². The van der Waals surface area contributed by atoms with Crippen molar-refractivity contribution in [3.05, 3.63) is 11.8 Å². The zero-order valence-corrected chi connectivity index (χ0v) is 15.2. The Kier molecular flexibility index (Phi) is 4.55. The van der Waals surface area contributed by atoms with E-state index in [-0.39, 0.29) is 24.9 Å². The third-order valence-electron chi connectivity index (χ3n) is 4.92. The van der Waals surface area contributed by atoms with E-state index >= 15 is 0 Å². The fourth-order valence-corrected chi connectivity index (χ4v) is 4.82. The summed E-state index contributed by atoms with van der Waals surface area (Å²) in [5.74, 6) is 0.166. The van der Waals surface area contributed by atoms with Crippen LogP contribution in [0.25, 0.3) is 0 Å². The molecule has 0 aliphatic carbocycles. The Morgan fingerprint density at radius 2 is 2.04 bits per heavy atom. The van der Waals surface area contributed by atoms with Crippen molar-refractivity contribution in [2.45, 2.75) is 63.0 Å². The fraction of sp³-hybridized carbons (Fsp3) is 0.800. The second-order valence-corrected chi connectivity index (χ2v) is 9.66. The number of nitrogens with one attached hydrogen (secondary N) is 1. The average molecular weight is 380 g/mol. The molecular weight excluding hydrogens is 357 g/mol. The van der Waals surface area contributed by atoms with Gasteiger partial charge in [-0.1, -0.05) is 0 Å². The van der Waals surface area contributed by atoms with Gasteiger partial charge in [-0.25, -0.2) is 17.4 Å². The number of aromatic nitrogens is 2. The lowest BCUT2D eigenvalue weighted by Crippen LogP contribution is -2.37. The van der Waals surface area contributed by atoms with Gasteiger partial charge in [-0.2, -0.15) is 18.3 Å². The van der Waals surface area contributed by atoms with Gasteiger partial charge in [0.25, 0.3) is 0 Å². The number of halogens is 3. The molecule has 25 heavy (non-hydrogen) atoms. The first kappa shape index (κ1) is 18.5. The van der Waals surface area contributed by atoms with Crippen molar-refractivity contribution in [2.75, 3.05) is 18.4 Å². The molecule has 3 rings (SSSR count). The van der Waals surface area contributed by atoms with Crippen LogP contribution >= 0.6 is 0 Å². The van der Waals surface area contributed by atoms with E-state index in [0.717, 1.165) is 4.68 Å². The Morgan fingerprint density at radius 3 is 2.64 bits per heavy atom. The second kappa shape index (κ2) is 6.15. The third kappa shape index (κ3) is 3.38. The fourth-order valence-electron chi connectivity index (χ4n) is 3.48. The summed E-state index contributed by atoms with van der Waals surface area (Å²) in [6.45, 7) is 5.60. The Bertz CT molecular complexity index is 744. The Labute approximate surface area is 145 Å². The van der Waals surface area contributed by atoms with Gasteiger partial charge in [0.2, 0.25) is 10.0 Å². The first-order chi connectivity index (χ1) is 11.5. The monoisotopic (exact) mass is 380 g/mol. The van der Waals surface area contributed by atoms with Crippen LogP contribution in [0.4, 0.5) is 19.0 Å². The molecule has 1 aromatic heterocycles. The van der Waals surface area contributed by atoms with Crippen molar-refractivity contribution in [3.8, 4) is 0 Å². The Balaban J connectivity index is 1.85. The number of alkyl halides is 3. The molecule has 142 valence electrons. The van der Waals surface area contributed by atoms with E-state index in [9.17, 15) is 21.6 Å². The van der Waals surface area contributed by atoms with Gasteiger partial charge >= 0.3 is 6.18 Å². The molecule has 0 saturated carbocycles. The van der Waals surface area contributed by atoms with Crippen molar-refractivity contribution in [2.24, 2.45) is 0 Å². The molecule has 2 aliphatic heterocycles. The summed E-state index contributed by atoms with van der Waals surface area (Å²) in [5.41, 5.74) is 0.521. The lowest BCUT2D eigenvalue weighted by atomic mass is 10.0. The maximum atomic E-state index is 13.3. The van der Waals surface area contributed by atoms with Crippen LogP contribution in [0.5, 0.6) is 0 Å². The van der Waals surface area contributed by atoms with Crippen molar-refractivity contribution in [3.63, 3.8) is 0 Å². The molecule has 10 heteroatoms. The summed E-state index contributed by atoms with van der Waals surface area (Å²) in [5, 5.41) is 6.71. The number of anilines is 1. The van der Waals surface area contributed by atoms with Gasteiger partial charge in [-0.15, -0.1) is 0 Å². The largest absolute Gasteiger partial charge is 0.410 e. The number of hydrogen-bond donors (Lipinski definition) is 1. The SMILES string of the molecule is CC(C)S(=O)(=O)N1CCC(c2cc3n(n2)[C@@H](C(F)(F)F)C[C@@H](C)N3)C1. The summed E-state index contributed by atoms with van der Waals surface area (Å²) in [7, 11) is -3.36. The maximum absolute atomic E-state index is 13.3. The normalized spacial score (nSPS) is 28.2. The van der Waals surface area contributed by atoms with Crippen molar-refractivity contribution in [1.29, 1.82) is 0 Å². The minimum atomic E-state index is -4.36. The van der Waals surface area contributed by atoms with E-state index in [2.05, 4.69) is 10.4 Å². The van der Waals surface area contributed by atoms with Gasteiger partial charge in [-0.05, 0) is 33.6 Å². The minimum absolute atomic E-state index is 0.0733. The van der Waals surface area contributed by atoms with Gasteiger partial charge in [0.1, 0.15) is 5.82 Å². The van der Waals surface area contributed by atoms with E-state index in [1.54, 1.807) is 26.8 Å². The summed E-state index contributed by atoms with van der Waals surface area (Å²) in [6.07, 6.45) is -3.87. The molecule has 1 saturated heterocycles. The summed E-state index contributed by atoms with van der Waals surface area (Å²) < 4.78 is 66.9. The van der Waals surface area contributed by atoms with E-state index in [4.69, 9.17) is 0 Å². The molecule has 0 spiro atoms. The molecule has 2 aliphatic rings. The zero-order valence-electron chi connectivity index (χ0n) is 14.4. The summed E-state index contributed by atoms with van der Waals surface area (Å²) in [4.78, 5) is 0. The van der Waals surface area contributed by atoms with Crippen LogP contribution < -0.4 is 5.32 Å². The molecule has 0 aromatic carbocycles. The molecule has 0 amide bonds. The number of nitrogens with zero attached hydrogens (tertiary/aromatic N) is 3. The van der Waals surface area contributed by atoms with Crippen molar-refractivity contribution < 1.29 is 21.6 Å². The van der Waals surface area contributed by atoms with Crippen LogP contribution in [-0.4, -0.2) is 53.1 Å². The molecule has 0 bridgehead atoms. The zero-order chi connectivity index (χ0) is 18.6. The number of sulfonamides is 1. The molecule has 0 radical (unpaired) electrons. The first-order valence-electron chi connectivity index (χ1n) is 8.41. The predicted octanol–water partition coefficient (Wildman–Crippen LogP) is 2.72. The van der Waals surface area contributed by atoms with Gasteiger partial charge in [0.15, 0.2) is 6.04 Å². The molecule has 1 aromatic rings. The molecule has 1 fully saturated rings. The van der Waals surface area contributed by atoms with Crippen LogP contribution in [0.2, 0.25) is 0 Å². The van der Waals surface area contributed by atoms with Crippen LogP contribution in [0.15, 0.2) is 6.07 Å². The highest BCUT2D eigenvalue weighted by atomic mass is 32.2. The minimum Gasteiger partial charge on any atom is -0.368 e. The maximum Gasteiger partial charge on any atom is 0.410 e. The lowest BCUT2D eigenvalue weighted by Gasteiger charge is -2.31. The van der Waals surface area contributed by atoms with Gasteiger partial charge in [0, 0.05) is 31.1 Å². The number of rotatable bonds is 3. The topological polar surface area (TPSA) is 67.2 Å². The summed E-state index contributed by atoms with van der Waals surface area (Å²) >= 11 is 0. The highest BCUT2D eigenvalue weighted by Crippen LogP contribution is 2.41. The van der Waals surface area contributed by atoms with Gasteiger partial charge < -0.3 is 5.32 Å². The third-order valence-corrected chi connectivity index (χ3v) is 7.17. The highest BCUT2D eigenvalue weighted by Gasteiger charge is 2.46. The quantitative estimate of drug-likeness (QED) is 0.876. The van der Waals surface area contributed by atoms with Crippen molar-refractivity contribution >= 4 is 15.8 Å². The van der Waals surface area contributed by atoms with E-state index in [1.165, 1.54) is 4.31 Å². The predicted molar refractivity (Wildman–Crippen MR) is 88.0 cm³/mol. The Morgan fingerprint density at radius 1 is 1.36 bits per heavy atom.